The van der Waals surface area contributed by atoms with E-state index in [4.69, 9.17) is 4.74 Å². The Morgan fingerprint density at radius 2 is 1.95 bits per heavy atom. The zero-order valence-electron chi connectivity index (χ0n) is 12.6. The van der Waals surface area contributed by atoms with Crippen LogP contribution in [0.5, 0.6) is 0 Å². The molecule has 8 heteroatoms. The number of amides is 1. The molecule has 0 spiro atoms. The van der Waals surface area contributed by atoms with Gasteiger partial charge in [0.15, 0.2) is 0 Å². The van der Waals surface area contributed by atoms with Gasteiger partial charge in [0.2, 0.25) is 0 Å². The third-order valence-electron chi connectivity index (χ3n) is 3.27. The summed E-state index contributed by atoms with van der Waals surface area (Å²) in [7, 11) is -4.16. The van der Waals surface area contributed by atoms with E-state index in [0.29, 0.717) is 4.31 Å². The molecule has 1 aliphatic rings. The molecular formula is C14H18N2O5S. The number of para-hydroxylation sites is 1. The minimum absolute atomic E-state index is 0.105. The van der Waals surface area contributed by atoms with Gasteiger partial charge in [-0.3, -0.25) is 9.52 Å². The van der Waals surface area contributed by atoms with E-state index in [1.54, 1.807) is 32.9 Å². The van der Waals surface area contributed by atoms with Crippen molar-refractivity contribution in [2.24, 2.45) is 5.92 Å². The fourth-order valence-corrected chi connectivity index (χ4v) is 3.82. The van der Waals surface area contributed by atoms with Crippen molar-refractivity contribution >= 4 is 27.8 Å². The molecule has 1 heterocycles. The molecule has 1 atom stereocenters. The molecule has 0 saturated carbocycles. The molecule has 0 bridgehead atoms. The van der Waals surface area contributed by atoms with Gasteiger partial charge in [-0.05, 0) is 25.0 Å². The predicted octanol–water partition coefficient (Wildman–Crippen LogP) is 1.39. The molecule has 0 fully saturated rings. The number of nitrogens with one attached hydrogen (secondary N) is 1. The number of ether oxygens (including phenoxy) is 1. The van der Waals surface area contributed by atoms with Crippen LogP contribution in [0.2, 0.25) is 0 Å². The lowest BCUT2D eigenvalue weighted by Gasteiger charge is -2.35. The molecule has 1 aliphatic heterocycles. The summed E-state index contributed by atoms with van der Waals surface area (Å²) >= 11 is 0. The monoisotopic (exact) mass is 326 g/mol. The highest BCUT2D eigenvalue weighted by Gasteiger charge is 2.45. The number of anilines is 1. The summed E-state index contributed by atoms with van der Waals surface area (Å²) in [5, 5.41) is 0. The molecule has 1 aromatic carbocycles. The summed E-state index contributed by atoms with van der Waals surface area (Å²) in [6.07, 6.45) is 0. The Balaban J connectivity index is 2.53. The Morgan fingerprint density at radius 1 is 1.32 bits per heavy atom. The molecule has 2 rings (SSSR count). The van der Waals surface area contributed by atoms with Crippen LogP contribution >= 0.6 is 0 Å². The normalized spacial score (nSPS) is 17.6. The Bertz CT molecular complexity index is 699. The maximum Gasteiger partial charge on any atom is 0.330 e. The Labute approximate surface area is 129 Å². The van der Waals surface area contributed by atoms with Crippen molar-refractivity contribution in [3.8, 4) is 0 Å². The summed E-state index contributed by atoms with van der Waals surface area (Å²) < 4.78 is 32.6. The second-order valence-electron chi connectivity index (χ2n) is 5.19. The quantitative estimate of drug-likeness (QED) is 0.844. The third-order valence-corrected chi connectivity index (χ3v) is 4.66. The minimum Gasteiger partial charge on any atom is -0.464 e. The van der Waals surface area contributed by atoms with E-state index in [1.807, 2.05) is 0 Å². The number of benzene rings is 1. The lowest BCUT2D eigenvalue weighted by atomic mass is 10.0. The van der Waals surface area contributed by atoms with Crippen LogP contribution in [-0.4, -0.2) is 37.2 Å². The van der Waals surface area contributed by atoms with E-state index >= 15 is 0 Å². The molecule has 1 N–H and O–H groups in total. The van der Waals surface area contributed by atoms with Crippen LogP contribution in [0.25, 0.3) is 0 Å². The van der Waals surface area contributed by atoms with Crippen LogP contribution in [0, 0.1) is 5.92 Å². The van der Waals surface area contributed by atoms with Crippen LogP contribution in [-0.2, 0) is 19.7 Å². The van der Waals surface area contributed by atoms with E-state index < -0.39 is 34.0 Å². The van der Waals surface area contributed by atoms with E-state index in [2.05, 4.69) is 4.72 Å². The smallest absolute Gasteiger partial charge is 0.330 e. The van der Waals surface area contributed by atoms with Gasteiger partial charge in [0.1, 0.15) is 6.04 Å². The Morgan fingerprint density at radius 3 is 2.55 bits per heavy atom. The van der Waals surface area contributed by atoms with Crippen molar-refractivity contribution < 1.29 is 22.7 Å². The highest BCUT2D eigenvalue weighted by molar-refractivity contribution is 7.91. The van der Waals surface area contributed by atoms with Crippen molar-refractivity contribution in [1.82, 2.24) is 4.31 Å². The van der Waals surface area contributed by atoms with Gasteiger partial charge in [-0.25, -0.2) is 9.10 Å². The Hall–Kier alpha value is -2.09. The average Bonchev–Trinajstić information content (AvgIpc) is 2.42. The van der Waals surface area contributed by atoms with E-state index in [-0.39, 0.29) is 17.9 Å². The number of fused-ring (bicyclic) bond motifs is 1. The van der Waals surface area contributed by atoms with Crippen molar-refractivity contribution in [3.05, 3.63) is 29.8 Å². The maximum absolute atomic E-state index is 12.6. The van der Waals surface area contributed by atoms with Crippen LogP contribution in [0.4, 0.5) is 5.69 Å². The molecule has 1 aromatic rings. The van der Waals surface area contributed by atoms with Gasteiger partial charge in [0.25, 0.3) is 5.91 Å². The summed E-state index contributed by atoms with van der Waals surface area (Å²) in [5.74, 6) is -1.90. The number of hydrogen-bond donors (Lipinski definition) is 1. The topological polar surface area (TPSA) is 92.8 Å². The number of rotatable bonds is 4. The summed E-state index contributed by atoms with van der Waals surface area (Å²) in [4.78, 5) is 24.7. The summed E-state index contributed by atoms with van der Waals surface area (Å²) in [5.41, 5.74) is 0.405. The van der Waals surface area contributed by atoms with Crippen molar-refractivity contribution in [3.63, 3.8) is 0 Å². The van der Waals surface area contributed by atoms with Crippen LogP contribution in [0.15, 0.2) is 24.3 Å². The zero-order valence-corrected chi connectivity index (χ0v) is 13.4. The minimum atomic E-state index is -4.16. The van der Waals surface area contributed by atoms with Gasteiger partial charge in [0.05, 0.1) is 17.9 Å². The van der Waals surface area contributed by atoms with E-state index in [1.165, 1.54) is 12.1 Å². The SMILES string of the molecule is CCOC(=O)C(C(C)C)N1C(=O)c2ccccc2NS1(=O)=O. The van der Waals surface area contributed by atoms with E-state index in [9.17, 15) is 18.0 Å². The van der Waals surface area contributed by atoms with Gasteiger partial charge in [-0.1, -0.05) is 26.0 Å². The van der Waals surface area contributed by atoms with E-state index in [0.717, 1.165) is 0 Å². The largest absolute Gasteiger partial charge is 0.464 e. The number of hydrogen-bond acceptors (Lipinski definition) is 5. The first-order chi connectivity index (χ1) is 10.3. The maximum atomic E-state index is 12.6. The highest BCUT2D eigenvalue weighted by Crippen LogP contribution is 2.29. The van der Waals surface area contributed by atoms with Crippen molar-refractivity contribution in [2.75, 3.05) is 11.3 Å². The predicted molar refractivity (Wildman–Crippen MR) is 80.4 cm³/mol. The molecule has 0 saturated heterocycles. The van der Waals surface area contributed by atoms with Gasteiger partial charge in [0, 0.05) is 0 Å². The second kappa shape index (κ2) is 5.96. The number of nitrogens with zero attached hydrogens (tertiary/aromatic N) is 1. The first kappa shape index (κ1) is 16.3. The zero-order chi connectivity index (χ0) is 16.5. The molecule has 0 aromatic heterocycles. The Kier molecular flexibility index (Phi) is 4.41. The lowest BCUT2D eigenvalue weighted by molar-refractivity contribution is -0.148. The fourth-order valence-electron chi connectivity index (χ4n) is 2.32. The summed E-state index contributed by atoms with van der Waals surface area (Å²) in [6.45, 7) is 5.04. The van der Waals surface area contributed by atoms with Gasteiger partial charge in [-0.2, -0.15) is 8.42 Å². The van der Waals surface area contributed by atoms with Gasteiger partial charge in [-0.15, -0.1) is 0 Å². The second-order valence-corrected chi connectivity index (χ2v) is 6.74. The molecule has 22 heavy (non-hydrogen) atoms. The van der Waals surface area contributed by atoms with Gasteiger partial charge >= 0.3 is 16.2 Å². The van der Waals surface area contributed by atoms with Crippen molar-refractivity contribution in [1.29, 1.82) is 0 Å². The first-order valence-electron chi connectivity index (χ1n) is 6.91. The number of carbonyl (C=O) groups is 2. The molecular weight excluding hydrogens is 308 g/mol. The van der Waals surface area contributed by atoms with Crippen molar-refractivity contribution in [2.45, 2.75) is 26.8 Å². The average molecular weight is 326 g/mol. The molecule has 1 amide bonds. The van der Waals surface area contributed by atoms with Gasteiger partial charge < -0.3 is 4.74 Å². The molecule has 1 unspecified atom stereocenters. The van der Waals surface area contributed by atoms with Crippen LogP contribution in [0.1, 0.15) is 31.1 Å². The standard InChI is InChI=1S/C14H18N2O5S/c1-4-21-14(18)12(9(2)3)16-13(17)10-7-5-6-8-11(10)15-22(16,19)20/h5-9,12,15H,4H2,1-3H3. The lowest BCUT2D eigenvalue weighted by Crippen LogP contribution is -2.55. The number of esters is 1. The molecule has 0 aliphatic carbocycles. The molecule has 7 nitrogen and oxygen atoms in total. The first-order valence-corrected chi connectivity index (χ1v) is 8.35. The van der Waals surface area contributed by atoms with Crippen LogP contribution < -0.4 is 4.72 Å². The summed E-state index contributed by atoms with van der Waals surface area (Å²) in [6, 6.07) is 5.04. The molecule has 0 radical (unpaired) electrons. The fraction of sp³-hybridized carbons (Fsp3) is 0.429. The van der Waals surface area contributed by atoms with Crippen LogP contribution in [0.3, 0.4) is 0 Å². The highest BCUT2D eigenvalue weighted by atomic mass is 32.2. The third kappa shape index (κ3) is 2.78. The molecule has 120 valence electrons. The number of carbonyl (C=O) groups excluding carboxylic acids is 2.